The van der Waals surface area contributed by atoms with Gasteiger partial charge in [-0.15, -0.1) is 0 Å². The average Bonchev–Trinajstić information content (AvgIpc) is 2.17. The molecule has 0 aliphatic rings. The molecule has 0 saturated heterocycles. The van der Waals surface area contributed by atoms with E-state index in [2.05, 4.69) is 0 Å². The van der Waals surface area contributed by atoms with Crippen molar-refractivity contribution in [3.8, 4) is 0 Å². The van der Waals surface area contributed by atoms with Crippen molar-refractivity contribution in [3.05, 3.63) is 29.3 Å². The van der Waals surface area contributed by atoms with Gasteiger partial charge < -0.3 is 16.6 Å². The number of hydrogen-bond acceptors (Lipinski definition) is 3. The summed E-state index contributed by atoms with van der Waals surface area (Å²) in [4.78, 5) is 10.7. The lowest BCUT2D eigenvalue weighted by atomic mass is 10.0. The molecule has 0 saturated carbocycles. The van der Waals surface area contributed by atoms with E-state index in [1.807, 2.05) is 6.92 Å². The van der Waals surface area contributed by atoms with E-state index in [0.29, 0.717) is 11.3 Å². The number of carbonyl (C=O) groups is 1. The maximum Gasteiger partial charge on any atom is 0.335 e. The van der Waals surface area contributed by atoms with Crippen LogP contribution in [0.3, 0.4) is 0 Å². The summed E-state index contributed by atoms with van der Waals surface area (Å²) in [5.41, 5.74) is 13.0. The first-order chi connectivity index (χ1) is 6.56. The van der Waals surface area contributed by atoms with E-state index in [9.17, 15) is 4.79 Å². The van der Waals surface area contributed by atoms with E-state index in [-0.39, 0.29) is 11.6 Å². The number of benzene rings is 1. The fraction of sp³-hybridized carbons (Fsp3) is 0.300. The van der Waals surface area contributed by atoms with Crippen LogP contribution < -0.4 is 11.5 Å². The van der Waals surface area contributed by atoms with Gasteiger partial charge in [-0.25, -0.2) is 4.79 Å². The second kappa shape index (κ2) is 4.11. The first kappa shape index (κ1) is 10.5. The Kier molecular flexibility index (Phi) is 3.09. The zero-order chi connectivity index (χ0) is 10.7. The van der Waals surface area contributed by atoms with Crippen LogP contribution in [-0.2, 0) is 0 Å². The Morgan fingerprint density at radius 3 is 2.71 bits per heavy atom. The summed E-state index contributed by atoms with van der Waals surface area (Å²) >= 11 is 0. The lowest BCUT2D eigenvalue weighted by molar-refractivity contribution is 0.0697. The molecule has 4 heteroatoms. The lowest BCUT2D eigenvalue weighted by Gasteiger charge is -2.12. The topological polar surface area (TPSA) is 89.3 Å². The summed E-state index contributed by atoms with van der Waals surface area (Å²) in [6.45, 7) is 1.93. The SMILES string of the molecule is CC[C@@H](N)c1cc(C(=O)O)ccc1N. The third-order valence-corrected chi connectivity index (χ3v) is 2.17. The van der Waals surface area contributed by atoms with Crippen LogP contribution >= 0.6 is 0 Å². The van der Waals surface area contributed by atoms with Crippen LogP contribution in [0.25, 0.3) is 0 Å². The molecule has 0 fully saturated rings. The minimum absolute atomic E-state index is 0.200. The molecule has 0 radical (unpaired) electrons. The van der Waals surface area contributed by atoms with E-state index in [1.165, 1.54) is 12.1 Å². The second-order valence-corrected chi connectivity index (χ2v) is 3.16. The molecule has 0 bridgehead atoms. The zero-order valence-electron chi connectivity index (χ0n) is 8.03. The molecule has 0 spiro atoms. The normalized spacial score (nSPS) is 12.4. The molecule has 14 heavy (non-hydrogen) atoms. The molecule has 0 aliphatic carbocycles. The van der Waals surface area contributed by atoms with Gasteiger partial charge >= 0.3 is 5.97 Å². The zero-order valence-corrected chi connectivity index (χ0v) is 8.03. The van der Waals surface area contributed by atoms with Crippen molar-refractivity contribution in [1.29, 1.82) is 0 Å². The highest BCUT2D eigenvalue weighted by atomic mass is 16.4. The minimum Gasteiger partial charge on any atom is -0.478 e. The number of nitrogen functional groups attached to an aromatic ring is 1. The molecular weight excluding hydrogens is 180 g/mol. The number of carboxylic acid groups (broad SMARTS) is 1. The first-order valence-electron chi connectivity index (χ1n) is 4.44. The molecule has 0 heterocycles. The quantitative estimate of drug-likeness (QED) is 0.634. The second-order valence-electron chi connectivity index (χ2n) is 3.16. The number of anilines is 1. The third-order valence-electron chi connectivity index (χ3n) is 2.17. The molecule has 0 aliphatic heterocycles. The van der Waals surface area contributed by atoms with Crippen LogP contribution in [-0.4, -0.2) is 11.1 Å². The molecule has 1 aromatic rings. The fourth-order valence-corrected chi connectivity index (χ4v) is 1.25. The third kappa shape index (κ3) is 2.03. The molecule has 0 amide bonds. The summed E-state index contributed by atoms with van der Waals surface area (Å²) in [5, 5.41) is 8.77. The smallest absolute Gasteiger partial charge is 0.335 e. The molecule has 0 aromatic heterocycles. The van der Waals surface area contributed by atoms with Crippen molar-refractivity contribution < 1.29 is 9.90 Å². The predicted molar refractivity (Wildman–Crippen MR) is 55.0 cm³/mol. The molecular formula is C10H14N2O2. The highest BCUT2D eigenvalue weighted by molar-refractivity contribution is 5.88. The Hall–Kier alpha value is -1.55. The summed E-state index contributed by atoms with van der Waals surface area (Å²) in [6, 6.07) is 4.39. The van der Waals surface area contributed by atoms with Crippen molar-refractivity contribution in [2.45, 2.75) is 19.4 Å². The maximum atomic E-state index is 10.7. The molecule has 0 unspecified atom stereocenters. The van der Waals surface area contributed by atoms with Crippen LogP contribution in [0.15, 0.2) is 18.2 Å². The van der Waals surface area contributed by atoms with Gasteiger partial charge in [0.2, 0.25) is 0 Å². The Balaban J connectivity index is 3.14. The average molecular weight is 194 g/mol. The van der Waals surface area contributed by atoms with Crippen LogP contribution in [0.4, 0.5) is 5.69 Å². The fourth-order valence-electron chi connectivity index (χ4n) is 1.25. The lowest BCUT2D eigenvalue weighted by Crippen LogP contribution is -2.12. The van der Waals surface area contributed by atoms with Gasteiger partial charge in [0.1, 0.15) is 0 Å². The van der Waals surface area contributed by atoms with Gasteiger partial charge in [-0.3, -0.25) is 0 Å². The Morgan fingerprint density at radius 2 is 2.21 bits per heavy atom. The predicted octanol–water partition coefficient (Wildman–Crippen LogP) is 1.38. The van der Waals surface area contributed by atoms with Gasteiger partial charge in [-0.05, 0) is 30.2 Å². The van der Waals surface area contributed by atoms with Crippen LogP contribution in [0.1, 0.15) is 35.3 Å². The van der Waals surface area contributed by atoms with Crippen molar-refractivity contribution in [2.24, 2.45) is 5.73 Å². The summed E-state index contributed by atoms with van der Waals surface area (Å²) < 4.78 is 0. The Morgan fingerprint density at radius 1 is 1.57 bits per heavy atom. The van der Waals surface area contributed by atoms with Gasteiger partial charge in [-0.1, -0.05) is 6.92 Å². The number of aromatic carboxylic acids is 1. The van der Waals surface area contributed by atoms with Crippen molar-refractivity contribution in [2.75, 3.05) is 5.73 Å². The molecule has 1 aromatic carbocycles. The molecule has 1 rings (SSSR count). The van der Waals surface area contributed by atoms with E-state index >= 15 is 0 Å². The van der Waals surface area contributed by atoms with E-state index in [4.69, 9.17) is 16.6 Å². The monoisotopic (exact) mass is 194 g/mol. The molecule has 5 N–H and O–H groups in total. The number of nitrogens with two attached hydrogens (primary N) is 2. The van der Waals surface area contributed by atoms with E-state index < -0.39 is 5.97 Å². The van der Waals surface area contributed by atoms with Gasteiger partial charge in [0.15, 0.2) is 0 Å². The van der Waals surface area contributed by atoms with Crippen molar-refractivity contribution >= 4 is 11.7 Å². The molecule has 4 nitrogen and oxygen atoms in total. The Bertz CT molecular complexity index is 350. The van der Waals surface area contributed by atoms with Crippen LogP contribution in [0.2, 0.25) is 0 Å². The van der Waals surface area contributed by atoms with Gasteiger partial charge in [0, 0.05) is 11.7 Å². The first-order valence-corrected chi connectivity index (χ1v) is 4.44. The molecule has 1 atom stereocenters. The van der Waals surface area contributed by atoms with Gasteiger partial charge in [0.05, 0.1) is 5.56 Å². The highest BCUT2D eigenvalue weighted by Gasteiger charge is 2.11. The summed E-state index contributed by atoms with van der Waals surface area (Å²) in [7, 11) is 0. The maximum absolute atomic E-state index is 10.7. The number of rotatable bonds is 3. The highest BCUT2D eigenvalue weighted by Crippen LogP contribution is 2.22. The van der Waals surface area contributed by atoms with E-state index in [1.54, 1.807) is 6.07 Å². The minimum atomic E-state index is -0.963. The number of hydrogen-bond donors (Lipinski definition) is 3. The van der Waals surface area contributed by atoms with Crippen molar-refractivity contribution in [1.82, 2.24) is 0 Å². The van der Waals surface area contributed by atoms with Gasteiger partial charge in [0.25, 0.3) is 0 Å². The standard InChI is InChI=1S/C10H14N2O2/c1-2-8(11)7-5-6(10(13)14)3-4-9(7)12/h3-5,8H,2,11-12H2,1H3,(H,13,14)/t8-/m1/s1. The van der Waals surface area contributed by atoms with E-state index in [0.717, 1.165) is 6.42 Å². The van der Waals surface area contributed by atoms with Crippen LogP contribution in [0, 0.1) is 0 Å². The van der Waals surface area contributed by atoms with Crippen LogP contribution in [0.5, 0.6) is 0 Å². The van der Waals surface area contributed by atoms with Crippen molar-refractivity contribution in [3.63, 3.8) is 0 Å². The number of carboxylic acids is 1. The summed E-state index contributed by atoms with van der Waals surface area (Å²) in [5.74, 6) is -0.963. The summed E-state index contributed by atoms with van der Waals surface area (Å²) in [6.07, 6.45) is 0.729. The van der Waals surface area contributed by atoms with Gasteiger partial charge in [-0.2, -0.15) is 0 Å². The Labute approximate surface area is 82.5 Å². The molecule has 76 valence electrons. The largest absolute Gasteiger partial charge is 0.478 e.